The summed E-state index contributed by atoms with van der Waals surface area (Å²) in [6.45, 7) is 3.81. The fourth-order valence-electron chi connectivity index (χ4n) is 2.58. The SMILES string of the molecule is CC1CCSC2(COCc3ccccc32)N1. The number of fused-ring (bicyclic) bond motifs is 2. The first-order valence-electron chi connectivity index (χ1n) is 5.88. The van der Waals surface area contributed by atoms with Gasteiger partial charge in [0, 0.05) is 6.04 Å². The molecule has 0 radical (unpaired) electrons. The Labute approximate surface area is 101 Å². The highest BCUT2D eigenvalue weighted by Gasteiger charge is 2.40. The molecule has 2 heterocycles. The molecule has 16 heavy (non-hydrogen) atoms. The molecular weight excluding hydrogens is 218 g/mol. The van der Waals surface area contributed by atoms with Crippen molar-refractivity contribution in [3.63, 3.8) is 0 Å². The minimum atomic E-state index is 0.00646. The summed E-state index contributed by atoms with van der Waals surface area (Å²) in [5.41, 5.74) is 2.76. The fraction of sp³-hybridized carbons (Fsp3) is 0.538. The maximum absolute atomic E-state index is 5.75. The summed E-state index contributed by atoms with van der Waals surface area (Å²) in [5, 5.41) is 3.73. The summed E-state index contributed by atoms with van der Waals surface area (Å²) in [5.74, 6) is 1.21. The van der Waals surface area contributed by atoms with Gasteiger partial charge in [0.1, 0.15) is 4.87 Å². The van der Waals surface area contributed by atoms with Crippen molar-refractivity contribution in [1.82, 2.24) is 5.32 Å². The molecule has 2 aliphatic heterocycles. The number of nitrogens with one attached hydrogen (secondary N) is 1. The zero-order valence-electron chi connectivity index (χ0n) is 9.53. The molecule has 2 unspecified atom stereocenters. The van der Waals surface area contributed by atoms with E-state index < -0.39 is 0 Å². The number of hydrogen-bond acceptors (Lipinski definition) is 3. The van der Waals surface area contributed by atoms with Crippen LogP contribution in [0.1, 0.15) is 24.5 Å². The zero-order chi connectivity index (χ0) is 11.0. The first kappa shape index (κ1) is 10.6. The van der Waals surface area contributed by atoms with Crippen LogP contribution in [0, 0.1) is 0 Å². The van der Waals surface area contributed by atoms with Gasteiger partial charge in [0.2, 0.25) is 0 Å². The number of thioether (sulfide) groups is 1. The van der Waals surface area contributed by atoms with E-state index in [-0.39, 0.29) is 4.87 Å². The second-order valence-electron chi connectivity index (χ2n) is 4.66. The van der Waals surface area contributed by atoms with E-state index in [0.717, 1.165) is 13.2 Å². The third-order valence-corrected chi connectivity index (χ3v) is 4.78. The summed E-state index contributed by atoms with van der Waals surface area (Å²) >= 11 is 2.00. The van der Waals surface area contributed by atoms with E-state index >= 15 is 0 Å². The molecule has 1 spiro atoms. The van der Waals surface area contributed by atoms with Crippen LogP contribution in [0.5, 0.6) is 0 Å². The predicted molar refractivity (Wildman–Crippen MR) is 67.4 cm³/mol. The van der Waals surface area contributed by atoms with E-state index in [1.165, 1.54) is 23.3 Å². The molecule has 0 bridgehead atoms. The van der Waals surface area contributed by atoms with Crippen molar-refractivity contribution in [2.24, 2.45) is 0 Å². The Morgan fingerprint density at radius 1 is 1.44 bits per heavy atom. The second-order valence-corrected chi connectivity index (χ2v) is 6.05. The molecule has 1 fully saturated rings. The van der Waals surface area contributed by atoms with Crippen molar-refractivity contribution in [3.8, 4) is 0 Å². The minimum absolute atomic E-state index is 0.00646. The lowest BCUT2D eigenvalue weighted by Crippen LogP contribution is -2.53. The number of ether oxygens (including phenoxy) is 1. The summed E-state index contributed by atoms with van der Waals surface area (Å²) < 4.78 is 5.75. The third kappa shape index (κ3) is 1.67. The van der Waals surface area contributed by atoms with Crippen LogP contribution < -0.4 is 5.32 Å². The van der Waals surface area contributed by atoms with Crippen LogP contribution in [0.15, 0.2) is 24.3 Å². The maximum Gasteiger partial charge on any atom is 0.114 e. The minimum Gasteiger partial charge on any atom is -0.374 e. The first-order chi connectivity index (χ1) is 7.80. The van der Waals surface area contributed by atoms with Gasteiger partial charge in [0.05, 0.1) is 13.2 Å². The average molecular weight is 235 g/mol. The predicted octanol–water partition coefficient (Wildman–Crippen LogP) is 2.48. The normalized spacial score (nSPS) is 33.7. The van der Waals surface area contributed by atoms with Crippen molar-refractivity contribution in [2.45, 2.75) is 30.9 Å². The van der Waals surface area contributed by atoms with Gasteiger partial charge < -0.3 is 4.74 Å². The van der Waals surface area contributed by atoms with Gasteiger partial charge in [0.15, 0.2) is 0 Å². The molecule has 2 nitrogen and oxygen atoms in total. The smallest absolute Gasteiger partial charge is 0.114 e. The Kier molecular flexibility index (Phi) is 2.70. The monoisotopic (exact) mass is 235 g/mol. The van der Waals surface area contributed by atoms with Gasteiger partial charge in [-0.05, 0) is 30.2 Å². The molecule has 1 aromatic rings. The molecule has 3 rings (SSSR count). The van der Waals surface area contributed by atoms with Crippen LogP contribution in [-0.2, 0) is 16.2 Å². The molecule has 0 amide bonds. The fourth-order valence-corrected chi connectivity index (χ4v) is 4.21. The van der Waals surface area contributed by atoms with Crippen LogP contribution >= 0.6 is 11.8 Å². The molecule has 0 saturated carbocycles. The Balaban J connectivity index is 2.02. The van der Waals surface area contributed by atoms with E-state index in [1.807, 2.05) is 11.8 Å². The summed E-state index contributed by atoms with van der Waals surface area (Å²) in [4.78, 5) is 0.00646. The van der Waals surface area contributed by atoms with E-state index in [9.17, 15) is 0 Å². The van der Waals surface area contributed by atoms with E-state index in [2.05, 4.69) is 36.5 Å². The zero-order valence-corrected chi connectivity index (χ0v) is 10.3. The molecule has 0 aromatic heterocycles. The Morgan fingerprint density at radius 3 is 3.19 bits per heavy atom. The maximum atomic E-state index is 5.75. The molecule has 0 aliphatic carbocycles. The molecule has 2 atom stereocenters. The van der Waals surface area contributed by atoms with Crippen molar-refractivity contribution in [2.75, 3.05) is 12.4 Å². The van der Waals surface area contributed by atoms with Crippen molar-refractivity contribution in [1.29, 1.82) is 0 Å². The van der Waals surface area contributed by atoms with E-state index in [0.29, 0.717) is 6.04 Å². The highest BCUT2D eigenvalue weighted by Crippen LogP contribution is 2.42. The summed E-state index contributed by atoms with van der Waals surface area (Å²) in [7, 11) is 0. The van der Waals surface area contributed by atoms with Gasteiger partial charge in [-0.25, -0.2) is 0 Å². The van der Waals surface area contributed by atoms with E-state index in [4.69, 9.17) is 4.74 Å². The van der Waals surface area contributed by atoms with Gasteiger partial charge in [0.25, 0.3) is 0 Å². The lowest BCUT2D eigenvalue weighted by atomic mass is 9.97. The highest BCUT2D eigenvalue weighted by molar-refractivity contribution is 8.00. The molecule has 1 N–H and O–H groups in total. The molecule has 2 aliphatic rings. The van der Waals surface area contributed by atoms with Crippen molar-refractivity contribution < 1.29 is 4.74 Å². The summed E-state index contributed by atoms with van der Waals surface area (Å²) in [6.07, 6.45) is 1.24. The standard InChI is InChI=1S/C13H17NOS/c1-10-6-7-16-13(14-10)9-15-8-11-4-2-3-5-12(11)13/h2-5,10,14H,6-9H2,1H3. The van der Waals surface area contributed by atoms with Crippen LogP contribution in [0.4, 0.5) is 0 Å². The van der Waals surface area contributed by atoms with Crippen LogP contribution in [0.2, 0.25) is 0 Å². The summed E-state index contributed by atoms with van der Waals surface area (Å²) in [6, 6.07) is 9.23. The largest absolute Gasteiger partial charge is 0.374 e. The quantitative estimate of drug-likeness (QED) is 0.746. The molecule has 3 heteroatoms. The van der Waals surface area contributed by atoms with Gasteiger partial charge in [-0.1, -0.05) is 24.3 Å². The highest BCUT2D eigenvalue weighted by atomic mass is 32.2. The third-order valence-electron chi connectivity index (χ3n) is 3.39. The van der Waals surface area contributed by atoms with Crippen LogP contribution in [-0.4, -0.2) is 18.4 Å². The van der Waals surface area contributed by atoms with Gasteiger partial charge in [-0.2, -0.15) is 0 Å². The molecular formula is C13H17NOS. The van der Waals surface area contributed by atoms with Gasteiger partial charge in [-0.3, -0.25) is 5.32 Å². The lowest BCUT2D eigenvalue weighted by molar-refractivity contribution is 0.0653. The topological polar surface area (TPSA) is 21.3 Å². The van der Waals surface area contributed by atoms with Crippen molar-refractivity contribution >= 4 is 11.8 Å². The Bertz CT molecular complexity index is 395. The second kappa shape index (κ2) is 4.06. The average Bonchev–Trinajstić information content (AvgIpc) is 2.30. The Morgan fingerprint density at radius 2 is 2.31 bits per heavy atom. The van der Waals surface area contributed by atoms with Crippen molar-refractivity contribution in [3.05, 3.63) is 35.4 Å². The van der Waals surface area contributed by atoms with Crippen LogP contribution in [0.3, 0.4) is 0 Å². The molecule has 1 aromatic carbocycles. The molecule has 86 valence electrons. The van der Waals surface area contributed by atoms with Gasteiger partial charge >= 0.3 is 0 Å². The number of benzene rings is 1. The van der Waals surface area contributed by atoms with Crippen LogP contribution in [0.25, 0.3) is 0 Å². The van der Waals surface area contributed by atoms with Gasteiger partial charge in [-0.15, -0.1) is 11.8 Å². The lowest BCUT2D eigenvalue weighted by Gasteiger charge is -2.44. The Hall–Kier alpha value is -0.510. The molecule has 1 saturated heterocycles. The number of hydrogen-bond donors (Lipinski definition) is 1. The van der Waals surface area contributed by atoms with E-state index in [1.54, 1.807) is 0 Å². The number of rotatable bonds is 0. The first-order valence-corrected chi connectivity index (χ1v) is 6.86.